The summed E-state index contributed by atoms with van der Waals surface area (Å²) in [5, 5.41) is 27.8. The zero-order chi connectivity index (χ0) is 32.8. The second kappa shape index (κ2) is 15.1. The third-order valence-electron chi connectivity index (χ3n) is 9.03. The van der Waals surface area contributed by atoms with E-state index in [2.05, 4.69) is 50.1 Å². The number of rotatable bonds is 13. The third kappa shape index (κ3) is 8.19. The van der Waals surface area contributed by atoms with Crippen LogP contribution in [0.4, 0.5) is 11.6 Å². The van der Waals surface area contributed by atoms with Gasteiger partial charge in [-0.25, -0.2) is 9.97 Å². The van der Waals surface area contributed by atoms with Crippen molar-refractivity contribution in [1.29, 1.82) is 10.7 Å². The van der Waals surface area contributed by atoms with Crippen LogP contribution in [0.25, 0.3) is 11.1 Å². The van der Waals surface area contributed by atoms with Crippen LogP contribution in [0.15, 0.2) is 36.8 Å². The molecule has 0 amide bonds. The van der Waals surface area contributed by atoms with E-state index in [0.717, 1.165) is 61.9 Å². The van der Waals surface area contributed by atoms with Gasteiger partial charge >= 0.3 is 0 Å². The van der Waals surface area contributed by atoms with Crippen molar-refractivity contribution in [3.63, 3.8) is 0 Å². The van der Waals surface area contributed by atoms with Gasteiger partial charge in [0.1, 0.15) is 23.6 Å². The normalized spacial score (nSPS) is 24.0. The first kappa shape index (κ1) is 32.7. The number of nitrogens with zero attached hydrogens (tertiary/aromatic N) is 6. The zero-order valence-corrected chi connectivity index (χ0v) is 27.4. The molecule has 0 unspecified atom stereocenters. The zero-order valence-electron chi connectivity index (χ0n) is 27.4. The maximum atomic E-state index is 9.58. The van der Waals surface area contributed by atoms with E-state index in [-0.39, 0.29) is 18.3 Å². The fourth-order valence-corrected chi connectivity index (χ4v) is 6.57. The minimum atomic E-state index is -0.233. The molecule has 0 spiro atoms. The molecule has 3 N–H and O–H groups in total. The molecule has 1 aliphatic carbocycles. The Morgan fingerprint density at radius 3 is 2.47 bits per heavy atom. The summed E-state index contributed by atoms with van der Waals surface area (Å²) in [6.07, 6.45) is 11.3. The van der Waals surface area contributed by atoms with Gasteiger partial charge in [-0.3, -0.25) is 15.0 Å². The fraction of sp³-hybridized carbons (Fsp3) is 0.559. The highest BCUT2D eigenvalue weighted by Crippen LogP contribution is 2.36. The number of hydrogen-bond donors (Lipinski definition) is 3. The van der Waals surface area contributed by atoms with E-state index in [0.29, 0.717) is 67.5 Å². The molecule has 3 aliphatic rings. The molecular formula is C34H45N9O4. The Labute approximate surface area is 276 Å². The maximum absolute atomic E-state index is 9.58. The average Bonchev–Trinajstić information content (AvgIpc) is 3.45. The average molecular weight is 644 g/mol. The number of aromatic nitrogens is 4. The number of hydrogen-bond acceptors (Lipinski definition) is 11. The lowest BCUT2D eigenvalue weighted by Gasteiger charge is -2.42. The Balaban J connectivity index is 1.13. The van der Waals surface area contributed by atoms with E-state index in [9.17, 15) is 5.26 Å². The van der Waals surface area contributed by atoms with Crippen LogP contribution in [-0.4, -0.2) is 94.8 Å². The lowest BCUT2D eigenvalue weighted by atomic mass is 9.89. The first-order valence-electron chi connectivity index (χ1n) is 16.6. The maximum Gasteiger partial charge on any atom is 0.256 e. The molecule has 0 bridgehead atoms. The predicted molar refractivity (Wildman–Crippen MR) is 177 cm³/mol. The molecule has 1 saturated carbocycles. The van der Waals surface area contributed by atoms with Crippen molar-refractivity contribution in [3.8, 4) is 28.8 Å². The first-order chi connectivity index (χ1) is 22.9. The highest BCUT2D eigenvalue weighted by Gasteiger charge is 2.32. The minimum absolute atomic E-state index is 0.233. The van der Waals surface area contributed by atoms with Crippen molar-refractivity contribution in [2.24, 2.45) is 5.92 Å². The van der Waals surface area contributed by atoms with Crippen molar-refractivity contribution in [3.05, 3.63) is 42.4 Å². The predicted octanol–water partition coefficient (Wildman–Crippen LogP) is 4.54. The van der Waals surface area contributed by atoms with Gasteiger partial charge < -0.3 is 29.6 Å². The molecule has 6 rings (SSSR count). The molecule has 13 nitrogen and oxygen atoms in total. The number of anilines is 2. The molecule has 13 heteroatoms. The second-order valence-electron chi connectivity index (χ2n) is 12.9. The smallest absolute Gasteiger partial charge is 0.256 e. The van der Waals surface area contributed by atoms with E-state index in [4.69, 9.17) is 29.5 Å². The Morgan fingerprint density at radius 2 is 1.81 bits per heavy atom. The van der Waals surface area contributed by atoms with Gasteiger partial charge in [0, 0.05) is 43.0 Å². The highest BCUT2D eigenvalue weighted by atomic mass is 16.5. The van der Waals surface area contributed by atoms with Gasteiger partial charge in [-0.2, -0.15) is 5.26 Å². The summed E-state index contributed by atoms with van der Waals surface area (Å²) in [6, 6.07) is 8.47. The van der Waals surface area contributed by atoms with Crippen LogP contribution < -0.4 is 20.1 Å². The summed E-state index contributed by atoms with van der Waals surface area (Å²) < 4.78 is 25.5. The largest absolute Gasteiger partial charge is 0.487 e. The van der Waals surface area contributed by atoms with Gasteiger partial charge in [-0.05, 0) is 64.2 Å². The van der Waals surface area contributed by atoms with Crippen LogP contribution in [0, 0.1) is 22.7 Å². The monoisotopic (exact) mass is 643 g/mol. The van der Waals surface area contributed by atoms with E-state index >= 15 is 0 Å². The van der Waals surface area contributed by atoms with Gasteiger partial charge in [0.2, 0.25) is 5.95 Å². The van der Waals surface area contributed by atoms with Gasteiger partial charge in [-0.15, -0.1) is 5.10 Å². The highest BCUT2D eigenvalue weighted by molar-refractivity contribution is 5.67. The van der Waals surface area contributed by atoms with E-state index < -0.39 is 0 Å². The summed E-state index contributed by atoms with van der Waals surface area (Å²) in [4.78, 5) is 11.8. The van der Waals surface area contributed by atoms with Crippen molar-refractivity contribution >= 4 is 18.0 Å². The van der Waals surface area contributed by atoms with Gasteiger partial charge in [-0.1, -0.05) is 6.07 Å². The summed E-state index contributed by atoms with van der Waals surface area (Å²) in [5.74, 6) is 1.82. The Bertz CT molecular complexity index is 1520. The van der Waals surface area contributed by atoms with Crippen LogP contribution in [0.1, 0.15) is 58.1 Å². The van der Waals surface area contributed by atoms with E-state index in [1.807, 2.05) is 25.3 Å². The Hall–Kier alpha value is -4.25. The van der Waals surface area contributed by atoms with Crippen molar-refractivity contribution in [2.75, 3.05) is 44.8 Å². The van der Waals surface area contributed by atoms with Gasteiger partial charge in [0.25, 0.3) is 5.88 Å². The quantitative estimate of drug-likeness (QED) is 0.178. The SMILES string of the molecule is C[C@@H]1CN([C@H]2CC[C@H](n3cc(Nc4ncc(-c5ccc(C#N)c(O[C@@H](C)CNC=N)c5)cn4)c(OCC4COC4)n3)CC2)C[C@H](C)O1. The van der Waals surface area contributed by atoms with Crippen molar-refractivity contribution in [2.45, 2.75) is 76.9 Å². The summed E-state index contributed by atoms with van der Waals surface area (Å²) in [7, 11) is 0. The number of nitrogens with one attached hydrogen (secondary N) is 3. The molecule has 2 aromatic heterocycles. The third-order valence-corrected chi connectivity index (χ3v) is 9.03. The molecule has 1 aromatic carbocycles. The van der Waals surface area contributed by atoms with Gasteiger partial charge in [0.15, 0.2) is 0 Å². The van der Waals surface area contributed by atoms with Crippen LogP contribution in [0.5, 0.6) is 11.6 Å². The molecule has 0 radical (unpaired) electrons. The summed E-state index contributed by atoms with van der Waals surface area (Å²) >= 11 is 0. The summed E-state index contributed by atoms with van der Waals surface area (Å²) in [6.45, 7) is 10.6. The van der Waals surface area contributed by atoms with E-state index in [1.54, 1.807) is 18.5 Å². The Kier molecular flexibility index (Phi) is 10.5. The fourth-order valence-electron chi connectivity index (χ4n) is 6.57. The van der Waals surface area contributed by atoms with Crippen LogP contribution >= 0.6 is 0 Å². The van der Waals surface area contributed by atoms with E-state index in [1.165, 1.54) is 0 Å². The molecule has 250 valence electrons. The number of ether oxygens (including phenoxy) is 4. The Morgan fingerprint density at radius 1 is 1.09 bits per heavy atom. The van der Waals surface area contributed by atoms with Crippen molar-refractivity contribution < 1.29 is 18.9 Å². The summed E-state index contributed by atoms with van der Waals surface area (Å²) in [5.41, 5.74) is 2.78. The van der Waals surface area contributed by atoms with Crippen molar-refractivity contribution in [1.82, 2.24) is 30.0 Å². The molecule has 3 fully saturated rings. The second-order valence-corrected chi connectivity index (χ2v) is 12.9. The number of morpholine rings is 1. The van der Waals surface area contributed by atoms with Crippen LogP contribution in [0.3, 0.4) is 0 Å². The molecule has 4 heterocycles. The first-order valence-corrected chi connectivity index (χ1v) is 16.6. The lowest BCUT2D eigenvalue weighted by Crippen LogP contribution is -2.51. The minimum Gasteiger partial charge on any atom is -0.487 e. The van der Waals surface area contributed by atoms with Crippen LogP contribution in [0.2, 0.25) is 0 Å². The standard InChI is InChI=1S/C34H45N9O4/c1-22(12-37-21-36)47-32-10-26(4-5-27(32)11-35)28-13-38-34(39-14-28)40-31-17-43(41-33(31)45-20-25-18-44-19-25)30-8-6-29(7-9-30)42-15-23(2)46-24(3)16-42/h4-5,10,13-14,17,21-25,29-30H,6-9,12,15-16,18-20H2,1-3H3,(H2,36,37)(H,38,39,40)/t22-,23-,24+,29-,30-/m0/s1. The molecular weight excluding hydrogens is 598 g/mol. The number of benzene rings is 1. The molecule has 47 heavy (non-hydrogen) atoms. The molecule has 2 aliphatic heterocycles. The topological polar surface area (TPSA) is 155 Å². The van der Waals surface area contributed by atoms with Crippen LogP contribution in [-0.2, 0) is 9.47 Å². The molecule has 2 saturated heterocycles. The molecule has 3 aromatic rings. The number of nitriles is 1. The molecule has 3 atom stereocenters. The van der Waals surface area contributed by atoms with Gasteiger partial charge in [0.05, 0.1) is 62.7 Å². The lowest BCUT2D eigenvalue weighted by molar-refractivity contribution is -0.0852.